The highest BCUT2D eigenvalue weighted by atomic mass is 19.2. The van der Waals surface area contributed by atoms with Crippen LogP contribution in [0.5, 0.6) is 0 Å². The number of hydrogen-bond acceptors (Lipinski definition) is 1. The lowest BCUT2D eigenvalue weighted by Gasteiger charge is -2.44. The van der Waals surface area contributed by atoms with Gasteiger partial charge in [0.25, 0.3) is 0 Å². The predicted molar refractivity (Wildman–Crippen MR) is 162 cm³/mol. The fourth-order valence-electron chi connectivity index (χ4n) is 6.19. The second-order valence-electron chi connectivity index (χ2n) is 11.9. The van der Waals surface area contributed by atoms with Crippen LogP contribution in [0.4, 0.5) is 87.8 Å². The molecule has 0 aliphatic heterocycles. The minimum absolute atomic E-state index is 0.0173. The maximum absolute atomic E-state index is 15.4. The Labute approximate surface area is 313 Å². The monoisotopic (exact) mass is 866 g/mol. The Balaban J connectivity index is 0.000000395. The molecule has 0 radical (unpaired) electrons. The molecule has 3 nitrogen and oxygen atoms in total. The molecule has 59 heavy (non-hydrogen) atoms. The van der Waals surface area contributed by atoms with Crippen molar-refractivity contribution in [3.05, 3.63) is 181 Å². The molecule has 6 aromatic rings. The van der Waals surface area contributed by atoms with E-state index in [4.69, 9.17) is 0 Å². The van der Waals surface area contributed by atoms with Crippen molar-refractivity contribution in [1.82, 2.24) is 4.57 Å². The molecule has 6 rings (SSSR count). The third-order valence-corrected chi connectivity index (χ3v) is 8.74. The largest absolute Gasteiger partial charge is 0.315 e. The van der Waals surface area contributed by atoms with E-state index in [9.17, 15) is 57.5 Å². The van der Waals surface area contributed by atoms with Gasteiger partial charge >= 0.3 is 5.56 Å². The van der Waals surface area contributed by atoms with Crippen LogP contribution < -0.4 is 32.4 Å². The Bertz CT molecular complexity index is 2350. The van der Waals surface area contributed by atoms with Crippen molar-refractivity contribution in [3.8, 4) is 0 Å². The molecule has 1 heterocycles. The summed E-state index contributed by atoms with van der Waals surface area (Å²) >= 11 is 0. The minimum atomic E-state index is -7.22. The number of rotatable bonds is 6. The van der Waals surface area contributed by atoms with Crippen molar-refractivity contribution < 1.29 is 92.8 Å². The molecule has 0 saturated carbocycles. The van der Waals surface area contributed by atoms with Gasteiger partial charge in [0.15, 0.2) is 76.0 Å². The van der Waals surface area contributed by atoms with Crippen molar-refractivity contribution in [2.75, 3.05) is 0 Å². The van der Waals surface area contributed by atoms with E-state index in [0.717, 1.165) is 5.56 Å². The first kappa shape index (κ1) is 43.8. The molecule has 5 aromatic carbocycles. The molecule has 24 heteroatoms. The first-order valence-corrected chi connectivity index (χ1v) is 15.4. The Kier molecular flexibility index (Phi) is 12.0. The first-order valence-electron chi connectivity index (χ1n) is 15.4. The fourth-order valence-corrected chi connectivity index (χ4v) is 6.19. The zero-order valence-electron chi connectivity index (χ0n) is 27.8. The van der Waals surface area contributed by atoms with Crippen LogP contribution in [0.15, 0.2) is 53.7 Å². The van der Waals surface area contributed by atoms with Gasteiger partial charge in [-0.1, -0.05) is 30.3 Å². The lowest BCUT2D eigenvalue weighted by atomic mass is 9.12. The molecule has 0 amide bonds. The molecule has 0 atom stereocenters. The van der Waals surface area contributed by atoms with Crippen molar-refractivity contribution in [2.24, 2.45) is 0 Å². The number of halogens is 20. The molecule has 0 aliphatic carbocycles. The maximum Gasteiger partial charge on any atom is 0.315 e. The van der Waals surface area contributed by atoms with Gasteiger partial charge in [-0.05, 0) is 5.56 Å². The van der Waals surface area contributed by atoms with Crippen LogP contribution in [0.25, 0.3) is 0 Å². The number of nitrogens with one attached hydrogen (secondary N) is 1. The average Bonchev–Trinajstić information content (AvgIpc) is 3.22. The van der Waals surface area contributed by atoms with E-state index in [2.05, 4.69) is 4.98 Å². The minimum Gasteiger partial charge on any atom is -0.300 e. The Morgan fingerprint density at radius 1 is 0.390 bits per heavy atom. The standard InChI is InChI=1S/C24BF20.C11H10N2O/c26-5-1(6(27)14(35)21(42)13(5)34)25(2-7(28)15(36)22(43)16(37)8(2)29,3-9(30)17(38)23(44)18(39)10(3)31)4-11(32)19(40)24(45)20(41)12(4)33;14-11-8-12-6-7-13(11)9-10-4-2-1-3-5-10/h;1-8H,9H2/q-1;/p+1. The molecule has 1 aromatic heterocycles. The zero-order valence-corrected chi connectivity index (χ0v) is 27.8. The van der Waals surface area contributed by atoms with E-state index >= 15 is 35.1 Å². The number of aromatic nitrogens is 2. The van der Waals surface area contributed by atoms with Crippen LogP contribution >= 0.6 is 0 Å². The number of hydrogen-bond donors (Lipinski definition) is 0. The SMILES string of the molecule is Fc1c(F)c(F)c([B-](c2c(F)c(F)c(F)c(F)c2F)(c2c(F)c(F)c(F)c(F)c2F)c2c(F)c(F)c(F)c(F)c2F)c(F)c1F.O=c1c[nH+]ccn1Cc1ccccc1. The summed E-state index contributed by atoms with van der Waals surface area (Å²) in [7, 11) is 0. The van der Waals surface area contributed by atoms with Gasteiger partial charge in [0.05, 0.1) is 12.7 Å². The fraction of sp³-hybridized carbons (Fsp3) is 0.0286. The summed E-state index contributed by atoms with van der Waals surface area (Å²) in [5.41, 5.74) is -13.2. The summed E-state index contributed by atoms with van der Waals surface area (Å²) in [5, 5.41) is 0. The van der Waals surface area contributed by atoms with E-state index in [1.165, 1.54) is 6.20 Å². The molecule has 0 fully saturated rings. The van der Waals surface area contributed by atoms with E-state index < -0.39 is 144 Å². The summed E-state index contributed by atoms with van der Waals surface area (Å²) in [5.74, 6) is -71.4. The van der Waals surface area contributed by atoms with Crippen molar-refractivity contribution in [3.63, 3.8) is 0 Å². The molecular formula is C35H11BF20N2O. The van der Waals surface area contributed by atoms with E-state index in [1.54, 1.807) is 17.0 Å². The number of aromatic amines is 1. The van der Waals surface area contributed by atoms with Gasteiger partial charge in [0.2, 0.25) is 6.20 Å². The van der Waals surface area contributed by atoms with Gasteiger partial charge in [-0.15, -0.1) is 21.9 Å². The van der Waals surface area contributed by atoms with Crippen LogP contribution in [0.2, 0.25) is 0 Å². The summed E-state index contributed by atoms with van der Waals surface area (Å²) in [4.78, 5) is 14.1. The van der Waals surface area contributed by atoms with Crippen molar-refractivity contribution >= 4 is 28.0 Å². The molecule has 310 valence electrons. The maximum atomic E-state index is 15.4. The van der Waals surface area contributed by atoms with Crippen molar-refractivity contribution in [1.29, 1.82) is 0 Å². The quantitative estimate of drug-likeness (QED) is 0.0810. The first-order chi connectivity index (χ1) is 27.6. The number of nitrogens with zero attached hydrogens (tertiary/aromatic N) is 1. The molecule has 0 bridgehead atoms. The highest BCUT2D eigenvalue weighted by Gasteiger charge is 2.52. The predicted octanol–water partition coefficient (Wildman–Crippen LogP) is 6.56. The van der Waals surface area contributed by atoms with Crippen LogP contribution in [0.1, 0.15) is 5.56 Å². The number of H-pyrrole nitrogens is 1. The second-order valence-corrected chi connectivity index (χ2v) is 11.9. The topological polar surface area (TPSA) is 36.1 Å². The van der Waals surface area contributed by atoms with Gasteiger partial charge in [0.1, 0.15) is 52.7 Å². The van der Waals surface area contributed by atoms with Gasteiger partial charge in [0, 0.05) is 0 Å². The Morgan fingerprint density at radius 2 is 0.644 bits per heavy atom. The van der Waals surface area contributed by atoms with Crippen LogP contribution in [-0.2, 0) is 6.54 Å². The van der Waals surface area contributed by atoms with Crippen LogP contribution in [0.3, 0.4) is 0 Å². The average molecular weight is 866 g/mol. The molecule has 0 aliphatic rings. The summed E-state index contributed by atoms with van der Waals surface area (Å²) in [6, 6.07) is 9.90. The summed E-state index contributed by atoms with van der Waals surface area (Å²) in [6.07, 6.45) is -2.28. The third-order valence-electron chi connectivity index (χ3n) is 8.74. The molecule has 0 saturated heterocycles. The highest BCUT2D eigenvalue weighted by molar-refractivity contribution is 7.20. The van der Waals surface area contributed by atoms with Crippen LogP contribution in [-0.4, -0.2) is 10.7 Å². The molecular weight excluding hydrogens is 855 g/mol. The Morgan fingerprint density at radius 3 is 0.898 bits per heavy atom. The lowest BCUT2D eigenvalue weighted by molar-refractivity contribution is -0.380. The van der Waals surface area contributed by atoms with Gasteiger partial charge < -0.3 is 4.57 Å². The smallest absolute Gasteiger partial charge is 0.300 e. The van der Waals surface area contributed by atoms with Gasteiger partial charge in [-0.25, -0.2) is 92.8 Å². The normalized spacial score (nSPS) is 11.5. The second kappa shape index (κ2) is 16.1. The van der Waals surface area contributed by atoms with E-state index in [-0.39, 0.29) is 5.56 Å². The van der Waals surface area contributed by atoms with Crippen LogP contribution in [0, 0.1) is 116 Å². The van der Waals surface area contributed by atoms with Gasteiger partial charge in [-0.3, -0.25) is 4.79 Å². The summed E-state index contributed by atoms with van der Waals surface area (Å²) in [6.45, 7) is 0.619. The lowest BCUT2D eigenvalue weighted by Crippen LogP contribution is -2.81. The number of benzene rings is 5. The molecule has 0 spiro atoms. The Hall–Kier alpha value is -6.36. The third kappa shape index (κ3) is 6.82. The molecule has 0 unspecified atom stereocenters. The van der Waals surface area contributed by atoms with Gasteiger partial charge in [-0.2, -0.15) is 0 Å². The van der Waals surface area contributed by atoms with E-state index in [1.807, 2.05) is 30.3 Å². The van der Waals surface area contributed by atoms with Crippen molar-refractivity contribution in [2.45, 2.75) is 6.54 Å². The summed E-state index contributed by atoms with van der Waals surface area (Å²) < 4.78 is 296. The molecule has 1 N–H and O–H groups in total. The van der Waals surface area contributed by atoms with E-state index in [0.29, 0.717) is 6.54 Å². The highest BCUT2D eigenvalue weighted by Crippen LogP contribution is 2.30. The zero-order chi connectivity index (χ0) is 44.2.